The van der Waals surface area contributed by atoms with Crippen molar-refractivity contribution in [3.8, 4) is 11.5 Å². The third kappa shape index (κ3) is 8.44. The predicted molar refractivity (Wildman–Crippen MR) is 129 cm³/mol. The van der Waals surface area contributed by atoms with Gasteiger partial charge in [0.15, 0.2) is 6.61 Å². The minimum Gasteiger partial charge on any atom is -0.497 e. The van der Waals surface area contributed by atoms with Crippen molar-refractivity contribution in [2.24, 2.45) is 16.9 Å². The van der Waals surface area contributed by atoms with Gasteiger partial charge in [0.05, 0.1) is 18.2 Å². The fourth-order valence-electron chi connectivity index (χ4n) is 3.22. The van der Waals surface area contributed by atoms with Gasteiger partial charge in [0.2, 0.25) is 0 Å². The third-order valence-electron chi connectivity index (χ3n) is 4.54. The van der Waals surface area contributed by atoms with Crippen LogP contribution in [-0.2, 0) is 4.79 Å². The number of rotatable bonds is 12. The first-order valence-corrected chi connectivity index (χ1v) is 10.8. The van der Waals surface area contributed by atoms with Gasteiger partial charge in [-0.05, 0) is 42.2 Å². The summed E-state index contributed by atoms with van der Waals surface area (Å²) in [7, 11) is 1.57. The molecule has 0 heterocycles. The standard InChI is InChI=1S/C24H32N4O5/c1-17(2)14-27(15-18(3)4)22-11-6-19(12-23(22)28(30)31)13-25-26-24(29)16-33-21-9-7-20(32-5)8-10-21/h6-13,17-18H,14-16H2,1-5H3,(H,26,29). The monoisotopic (exact) mass is 456 g/mol. The van der Waals surface area contributed by atoms with Gasteiger partial charge in [-0.2, -0.15) is 5.10 Å². The van der Waals surface area contributed by atoms with Crippen molar-refractivity contribution < 1.29 is 19.2 Å². The van der Waals surface area contributed by atoms with E-state index in [-0.39, 0.29) is 17.2 Å². The van der Waals surface area contributed by atoms with Crippen LogP contribution in [0.4, 0.5) is 11.4 Å². The largest absolute Gasteiger partial charge is 0.497 e. The molecule has 2 rings (SSSR count). The zero-order valence-electron chi connectivity index (χ0n) is 19.8. The molecule has 0 atom stereocenters. The SMILES string of the molecule is COc1ccc(OCC(=O)NN=Cc2ccc(N(CC(C)C)CC(C)C)c([N+](=O)[O-])c2)cc1. The molecule has 0 unspecified atom stereocenters. The lowest BCUT2D eigenvalue weighted by molar-refractivity contribution is -0.384. The van der Waals surface area contributed by atoms with Crippen LogP contribution < -0.4 is 19.8 Å². The average Bonchev–Trinajstić information content (AvgIpc) is 2.77. The third-order valence-corrected chi connectivity index (χ3v) is 4.54. The van der Waals surface area contributed by atoms with E-state index in [0.29, 0.717) is 34.6 Å². The van der Waals surface area contributed by atoms with Gasteiger partial charge < -0.3 is 14.4 Å². The van der Waals surface area contributed by atoms with Gasteiger partial charge in [-0.3, -0.25) is 14.9 Å². The van der Waals surface area contributed by atoms with Crippen LogP contribution in [0.5, 0.6) is 11.5 Å². The van der Waals surface area contributed by atoms with Gasteiger partial charge >= 0.3 is 0 Å². The number of benzene rings is 2. The normalized spacial score (nSPS) is 11.1. The number of hydrogen-bond acceptors (Lipinski definition) is 7. The highest BCUT2D eigenvalue weighted by Crippen LogP contribution is 2.30. The molecule has 9 nitrogen and oxygen atoms in total. The maximum Gasteiger partial charge on any atom is 0.293 e. The van der Waals surface area contributed by atoms with Crippen LogP contribution in [0.1, 0.15) is 33.3 Å². The number of nitrogens with one attached hydrogen (secondary N) is 1. The molecular formula is C24H32N4O5. The molecule has 0 bridgehead atoms. The average molecular weight is 457 g/mol. The number of nitrogens with zero attached hydrogens (tertiary/aromatic N) is 3. The Balaban J connectivity index is 2.03. The summed E-state index contributed by atoms with van der Waals surface area (Å²) in [5.41, 5.74) is 3.46. The van der Waals surface area contributed by atoms with E-state index < -0.39 is 5.91 Å². The summed E-state index contributed by atoms with van der Waals surface area (Å²) in [6.07, 6.45) is 1.37. The van der Waals surface area contributed by atoms with Crippen LogP contribution in [0.25, 0.3) is 0 Å². The highest BCUT2D eigenvalue weighted by Gasteiger charge is 2.21. The van der Waals surface area contributed by atoms with E-state index in [1.807, 2.05) is 4.90 Å². The smallest absolute Gasteiger partial charge is 0.293 e. The van der Waals surface area contributed by atoms with Crippen LogP contribution in [-0.4, -0.2) is 43.9 Å². The molecular weight excluding hydrogens is 424 g/mol. The van der Waals surface area contributed by atoms with Crippen molar-refractivity contribution in [2.45, 2.75) is 27.7 Å². The second kappa shape index (κ2) is 12.4. The van der Waals surface area contributed by atoms with Gasteiger partial charge in [0, 0.05) is 24.7 Å². The van der Waals surface area contributed by atoms with Crippen molar-refractivity contribution in [2.75, 3.05) is 31.7 Å². The Morgan fingerprint density at radius 2 is 1.70 bits per heavy atom. The van der Waals surface area contributed by atoms with E-state index in [1.54, 1.807) is 43.5 Å². The topological polar surface area (TPSA) is 106 Å². The van der Waals surface area contributed by atoms with Gasteiger partial charge in [0.25, 0.3) is 11.6 Å². The van der Waals surface area contributed by atoms with Crippen LogP contribution in [0.2, 0.25) is 0 Å². The fourth-order valence-corrected chi connectivity index (χ4v) is 3.22. The van der Waals surface area contributed by atoms with Crippen molar-refractivity contribution in [1.82, 2.24) is 5.43 Å². The van der Waals surface area contributed by atoms with E-state index in [4.69, 9.17) is 9.47 Å². The highest BCUT2D eigenvalue weighted by atomic mass is 16.6. The Morgan fingerprint density at radius 1 is 1.09 bits per heavy atom. The summed E-state index contributed by atoms with van der Waals surface area (Å²) in [6.45, 7) is 9.56. The highest BCUT2D eigenvalue weighted by molar-refractivity contribution is 5.85. The number of ether oxygens (including phenoxy) is 2. The number of nitro groups is 1. The number of amides is 1. The maximum atomic E-state index is 12.0. The number of methoxy groups -OCH3 is 1. The first kappa shape index (κ1) is 25.6. The van der Waals surface area contributed by atoms with Crippen molar-refractivity contribution in [3.05, 3.63) is 58.1 Å². The molecule has 178 valence electrons. The number of carbonyl (C=O) groups excluding carboxylic acids is 1. The predicted octanol–water partition coefficient (Wildman–Crippen LogP) is 4.25. The van der Waals surface area contributed by atoms with Gasteiger partial charge in [-0.15, -0.1) is 0 Å². The molecule has 0 saturated carbocycles. The lowest BCUT2D eigenvalue weighted by atomic mass is 10.1. The second-order valence-corrected chi connectivity index (χ2v) is 8.46. The Labute approximate surface area is 194 Å². The number of hydrogen-bond donors (Lipinski definition) is 1. The molecule has 0 aliphatic rings. The Hall–Kier alpha value is -3.62. The molecule has 0 fully saturated rings. The van der Waals surface area contributed by atoms with E-state index in [0.717, 1.165) is 13.1 Å². The molecule has 0 aliphatic carbocycles. The van der Waals surface area contributed by atoms with Gasteiger partial charge in [-0.1, -0.05) is 33.8 Å². The van der Waals surface area contributed by atoms with E-state index >= 15 is 0 Å². The summed E-state index contributed by atoms with van der Waals surface area (Å²) in [6, 6.07) is 11.8. The van der Waals surface area contributed by atoms with Crippen molar-refractivity contribution in [1.29, 1.82) is 0 Å². The lowest BCUT2D eigenvalue weighted by Crippen LogP contribution is -2.31. The van der Waals surface area contributed by atoms with Crippen molar-refractivity contribution >= 4 is 23.5 Å². The van der Waals surface area contributed by atoms with E-state index in [2.05, 4.69) is 38.2 Å². The molecule has 0 aromatic heterocycles. The number of carbonyl (C=O) groups is 1. The summed E-state index contributed by atoms with van der Waals surface area (Å²) in [5, 5.41) is 15.6. The van der Waals surface area contributed by atoms with Gasteiger partial charge in [0.1, 0.15) is 17.2 Å². The molecule has 0 aliphatic heterocycles. The van der Waals surface area contributed by atoms with Crippen LogP contribution in [0.3, 0.4) is 0 Å². The summed E-state index contributed by atoms with van der Waals surface area (Å²) < 4.78 is 10.5. The summed E-state index contributed by atoms with van der Waals surface area (Å²) in [4.78, 5) is 25.4. The molecule has 0 radical (unpaired) electrons. The number of anilines is 1. The van der Waals surface area contributed by atoms with Gasteiger partial charge in [-0.25, -0.2) is 5.43 Å². The summed E-state index contributed by atoms with van der Waals surface area (Å²) >= 11 is 0. The Bertz CT molecular complexity index is 948. The molecule has 0 spiro atoms. The summed E-state index contributed by atoms with van der Waals surface area (Å²) in [5.74, 6) is 1.48. The Morgan fingerprint density at radius 3 is 2.24 bits per heavy atom. The Kier molecular flexibility index (Phi) is 9.65. The molecule has 1 amide bonds. The maximum absolute atomic E-state index is 12.0. The number of nitro benzene ring substituents is 1. The fraction of sp³-hybridized carbons (Fsp3) is 0.417. The zero-order valence-corrected chi connectivity index (χ0v) is 19.8. The molecule has 1 N–H and O–H groups in total. The minimum absolute atomic E-state index is 0.00872. The zero-order chi connectivity index (χ0) is 24.4. The second-order valence-electron chi connectivity index (χ2n) is 8.46. The lowest BCUT2D eigenvalue weighted by Gasteiger charge is -2.28. The molecule has 2 aromatic rings. The van der Waals surface area contributed by atoms with Crippen LogP contribution in [0, 0.1) is 22.0 Å². The van der Waals surface area contributed by atoms with E-state index in [9.17, 15) is 14.9 Å². The first-order valence-electron chi connectivity index (χ1n) is 10.8. The van der Waals surface area contributed by atoms with Crippen LogP contribution in [0.15, 0.2) is 47.6 Å². The molecule has 33 heavy (non-hydrogen) atoms. The molecule has 0 saturated heterocycles. The van der Waals surface area contributed by atoms with Crippen molar-refractivity contribution in [3.63, 3.8) is 0 Å². The number of hydrazone groups is 1. The first-order chi connectivity index (χ1) is 15.7. The molecule has 9 heteroatoms. The van der Waals surface area contributed by atoms with Crippen LogP contribution >= 0.6 is 0 Å². The minimum atomic E-state index is -0.451. The quantitative estimate of drug-likeness (QED) is 0.291. The van der Waals surface area contributed by atoms with E-state index in [1.165, 1.54) is 12.3 Å². The molecule has 2 aromatic carbocycles.